The Bertz CT molecular complexity index is 421. The molecule has 0 radical (unpaired) electrons. The SMILES string of the molecule is COc1ncnc(NC/C=C/CN)c1[N+](=O)[O-]. The van der Waals surface area contributed by atoms with Crippen LogP contribution in [0.25, 0.3) is 0 Å². The van der Waals surface area contributed by atoms with Crippen molar-refractivity contribution in [2.75, 3.05) is 25.5 Å². The quantitative estimate of drug-likeness (QED) is 0.417. The monoisotopic (exact) mass is 239 g/mol. The van der Waals surface area contributed by atoms with E-state index in [1.807, 2.05) is 0 Å². The minimum atomic E-state index is -0.589. The molecule has 0 aliphatic rings. The molecule has 0 atom stereocenters. The molecule has 8 heteroatoms. The van der Waals surface area contributed by atoms with E-state index in [2.05, 4.69) is 15.3 Å². The van der Waals surface area contributed by atoms with Gasteiger partial charge in [-0.2, -0.15) is 4.98 Å². The van der Waals surface area contributed by atoms with Gasteiger partial charge in [0.2, 0.25) is 5.82 Å². The molecule has 0 saturated heterocycles. The molecule has 0 amide bonds. The number of nitrogens with zero attached hydrogens (tertiary/aromatic N) is 3. The first-order valence-corrected chi connectivity index (χ1v) is 4.83. The highest BCUT2D eigenvalue weighted by molar-refractivity contribution is 5.61. The van der Waals surface area contributed by atoms with Gasteiger partial charge in [0.1, 0.15) is 6.33 Å². The molecule has 0 unspecified atom stereocenters. The first-order valence-electron chi connectivity index (χ1n) is 4.83. The zero-order chi connectivity index (χ0) is 12.7. The standard InChI is InChI=1S/C9H13N5O3/c1-17-9-7(14(15)16)8(12-6-13-9)11-5-3-2-4-10/h2-3,6H,4-5,10H2,1H3,(H,11,12,13)/b3-2+. The van der Waals surface area contributed by atoms with E-state index in [-0.39, 0.29) is 17.4 Å². The Labute approximate surface area is 97.7 Å². The summed E-state index contributed by atoms with van der Waals surface area (Å²) in [5.74, 6) is 0.0406. The molecule has 0 aliphatic carbocycles. The normalized spacial score (nSPS) is 10.5. The zero-order valence-electron chi connectivity index (χ0n) is 9.29. The summed E-state index contributed by atoms with van der Waals surface area (Å²) in [4.78, 5) is 17.7. The minimum Gasteiger partial charge on any atom is -0.476 e. The number of ether oxygens (including phenoxy) is 1. The van der Waals surface area contributed by atoms with E-state index in [4.69, 9.17) is 10.5 Å². The molecule has 1 heterocycles. The number of hydrogen-bond acceptors (Lipinski definition) is 7. The number of nitro groups is 1. The molecule has 0 aromatic carbocycles. The molecule has 0 spiro atoms. The second-order valence-corrected chi connectivity index (χ2v) is 2.93. The van der Waals surface area contributed by atoms with Gasteiger partial charge in [-0.25, -0.2) is 4.98 Å². The lowest BCUT2D eigenvalue weighted by Crippen LogP contribution is -2.07. The Morgan fingerprint density at radius 3 is 2.94 bits per heavy atom. The van der Waals surface area contributed by atoms with Gasteiger partial charge in [-0.15, -0.1) is 0 Å². The summed E-state index contributed by atoms with van der Waals surface area (Å²) in [7, 11) is 1.31. The smallest absolute Gasteiger partial charge is 0.372 e. The lowest BCUT2D eigenvalue weighted by atomic mass is 10.4. The highest BCUT2D eigenvalue weighted by Gasteiger charge is 2.23. The van der Waals surface area contributed by atoms with Crippen molar-refractivity contribution in [1.29, 1.82) is 0 Å². The van der Waals surface area contributed by atoms with Gasteiger partial charge in [0.25, 0.3) is 5.88 Å². The minimum absolute atomic E-state index is 0.0738. The van der Waals surface area contributed by atoms with Gasteiger partial charge in [-0.3, -0.25) is 10.1 Å². The van der Waals surface area contributed by atoms with Crippen LogP contribution >= 0.6 is 0 Å². The first-order chi connectivity index (χ1) is 8.20. The van der Waals surface area contributed by atoms with Gasteiger partial charge in [-0.05, 0) is 0 Å². The second-order valence-electron chi connectivity index (χ2n) is 2.93. The van der Waals surface area contributed by atoms with Crippen LogP contribution in [0.15, 0.2) is 18.5 Å². The predicted molar refractivity (Wildman–Crippen MR) is 61.9 cm³/mol. The number of nitrogens with two attached hydrogens (primary N) is 1. The first kappa shape index (κ1) is 12.8. The highest BCUT2D eigenvalue weighted by Crippen LogP contribution is 2.29. The number of nitrogens with one attached hydrogen (secondary N) is 1. The lowest BCUT2D eigenvalue weighted by molar-refractivity contribution is -0.385. The van der Waals surface area contributed by atoms with Crippen LogP contribution in [-0.4, -0.2) is 35.1 Å². The van der Waals surface area contributed by atoms with E-state index in [0.29, 0.717) is 13.1 Å². The Morgan fingerprint density at radius 2 is 2.35 bits per heavy atom. The van der Waals surface area contributed by atoms with Crippen LogP contribution in [0.4, 0.5) is 11.5 Å². The topological polar surface area (TPSA) is 116 Å². The summed E-state index contributed by atoms with van der Waals surface area (Å²) in [5, 5.41) is 13.6. The molecular formula is C9H13N5O3. The van der Waals surface area contributed by atoms with Crippen molar-refractivity contribution in [3.8, 4) is 5.88 Å². The molecule has 1 rings (SSSR count). The number of methoxy groups -OCH3 is 1. The van der Waals surface area contributed by atoms with E-state index in [9.17, 15) is 10.1 Å². The van der Waals surface area contributed by atoms with Crippen molar-refractivity contribution in [1.82, 2.24) is 9.97 Å². The van der Waals surface area contributed by atoms with Gasteiger partial charge in [0, 0.05) is 13.1 Å². The molecular weight excluding hydrogens is 226 g/mol. The number of anilines is 1. The summed E-state index contributed by atoms with van der Waals surface area (Å²) in [6, 6.07) is 0. The average molecular weight is 239 g/mol. The molecule has 1 aromatic rings. The molecule has 0 saturated carbocycles. The van der Waals surface area contributed by atoms with Crippen molar-refractivity contribution in [3.05, 3.63) is 28.6 Å². The Hall–Kier alpha value is -2.22. The maximum absolute atomic E-state index is 10.9. The van der Waals surface area contributed by atoms with Crippen molar-refractivity contribution in [3.63, 3.8) is 0 Å². The Kier molecular flexibility index (Phi) is 4.82. The van der Waals surface area contributed by atoms with Gasteiger partial charge in [-0.1, -0.05) is 12.2 Å². The van der Waals surface area contributed by atoms with Crippen LogP contribution in [0.1, 0.15) is 0 Å². The Morgan fingerprint density at radius 1 is 1.59 bits per heavy atom. The van der Waals surface area contributed by atoms with Gasteiger partial charge in [0.05, 0.1) is 12.0 Å². The summed E-state index contributed by atoms with van der Waals surface area (Å²) in [6.07, 6.45) is 4.68. The van der Waals surface area contributed by atoms with E-state index < -0.39 is 4.92 Å². The average Bonchev–Trinajstić information content (AvgIpc) is 2.33. The van der Waals surface area contributed by atoms with E-state index in [1.165, 1.54) is 13.4 Å². The maximum atomic E-state index is 10.9. The summed E-state index contributed by atoms with van der Waals surface area (Å²) < 4.78 is 4.80. The fourth-order valence-electron chi connectivity index (χ4n) is 1.14. The van der Waals surface area contributed by atoms with Crippen LogP contribution in [-0.2, 0) is 0 Å². The van der Waals surface area contributed by atoms with Gasteiger partial charge < -0.3 is 15.8 Å². The van der Waals surface area contributed by atoms with Gasteiger partial charge in [0.15, 0.2) is 0 Å². The summed E-state index contributed by atoms with van der Waals surface area (Å²) in [5.41, 5.74) is 4.98. The molecule has 0 fully saturated rings. The second kappa shape index (κ2) is 6.38. The highest BCUT2D eigenvalue weighted by atomic mass is 16.6. The summed E-state index contributed by atoms with van der Waals surface area (Å²) >= 11 is 0. The van der Waals surface area contributed by atoms with Crippen LogP contribution in [0.5, 0.6) is 5.88 Å². The predicted octanol–water partition coefficient (Wildman–Crippen LogP) is 0.320. The lowest BCUT2D eigenvalue weighted by Gasteiger charge is -2.05. The van der Waals surface area contributed by atoms with Crippen LogP contribution < -0.4 is 15.8 Å². The third-order valence-electron chi connectivity index (χ3n) is 1.85. The molecule has 1 aromatic heterocycles. The number of hydrogen-bond donors (Lipinski definition) is 2. The van der Waals surface area contributed by atoms with Crippen LogP contribution in [0.3, 0.4) is 0 Å². The molecule has 17 heavy (non-hydrogen) atoms. The van der Waals surface area contributed by atoms with Crippen molar-refractivity contribution < 1.29 is 9.66 Å². The van der Waals surface area contributed by atoms with E-state index >= 15 is 0 Å². The van der Waals surface area contributed by atoms with Crippen LogP contribution in [0, 0.1) is 10.1 Å². The maximum Gasteiger partial charge on any atom is 0.372 e. The van der Waals surface area contributed by atoms with Crippen LogP contribution in [0.2, 0.25) is 0 Å². The van der Waals surface area contributed by atoms with Crippen molar-refractivity contribution in [2.24, 2.45) is 5.73 Å². The molecule has 0 bridgehead atoms. The summed E-state index contributed by atoms with van der Waals surface area (Å²) in [6.45, 7) is 0.801. The fourth-order valence-corrected chi connectivity index (χ4v) is 1.14. The molecule has 8 nitrogen and oxygen atoms in total. The van der Waals surface area contributed by atoms with Crippen molar-refractivity contribution >= 4 is 11.5 Å². The number of rotatable bonds is 6. The third-order valence-corrected chi connectivity index (χ3v) is 1.85. The molecule has 0 aliphatic heterocycles. The molecule has 92 valence electrons. The van der Waals surface area contributed by atoms with E-state index in [0.717, 1.165) is 0 Å². The van der Waals surface area contributed by atoms with Gasteiger partial charge >= 0.3 is 5.69 Å². The van der Waals surface area contributed by atoms with Crippen molar-refractivity contribution in [2.45, 2.75) is 0 Å². The third kappa shape index (κ3) is 3.38. The Balaban J connectivity index is 2.90. The molecule has 3 N–H and O–H groups in total. The largest absolute Gasteiger partial charge is 0.476 e. The van der Waals surface area contributed by atoms with E-state index in [1.54, 1.807) is 12.2 Å². The zero-order valence-corrected chi connectivity index (χ0v) is 9.29. The fraction of sp³-hybridized carbons (Fsp3) is 0.333. The number of aromatic nitrogens is 2.